The Kier molecular flexibility index (Phi) is 5.89. The number of benzene rings is 2. The number of halogens is 6. The fraction of sp³-hybridized carbons (Fsp3) is 0.333. The van der Waals surface area contributed by atoms with Gasteiger partial charge in [0.1, 0.15) is 0 Å². The Balaban J connectivity index is 1.76. The molecular formula is C21H17F6N3O. The van der Waals surface area contributed by atoms with Crippen molar-refractivity contribution in [1.29, 1.82) is 5.26 Å². The van der Waals surface area contributed by atoms with E-state index in [0.717, 1.165) is 5.56 Å². The van der Waals surface area contributed by atoms with Gasteiger partial charge in [-0.3, -0.25) is 0 Å². The van der Waals surface area contributed by atoms with Crippen molar-refractivity contribution in [3.8, 4) is 6.07 Å². The van der Waals surface area contributed by atoms with Crippen LogP contribution in [0, 0.1) is 11.3 Å². The Labute approximate surface area is 174 Å². The Hall–Kier alpha value is -3.22. The molecule has 0 saturated carbocycles. The van der Waals surface area contributed by atoms with Gasteiger partial charge >= 0.3 is 18.4 Å². The normalized spacial score (nSPS) is 16.5. The number of rotatable bonds is 2. The summed E-state index contributed by atoms with van der Waals surface area (Å²) >= 11 is 0. The van der Waals surface area contributed by atoms with E-state index < -0.39 is 40.6 Å². The first-order chi connectivity index (χ1) is 14.4. The molecule has 0 spiro atoms. The first-order valence-corrected chi connectivity index (χ1v) is 9.27. The molecule has 2 amide bonds. The van der Waals surface area contributed by atoms with E-state index in [2.05, 4.69) is 11.4 Å². The number of urea groups is 1. The molecule has 3 rings (SSSR count). The van der Waals surface area contributed by atoms with Crippen LogP contribution in [0.15, 0.2) is 48.5 Å². The zero-order chi connectivity index (χ0) is 22.9. The minimum Gasteiger partial charge on any atom is -0.324 e. The van der Waals surface area contributed by atoms with Crippen LogP contribution < -0.4 is 5.32 Å². The molecule has 0 bridgehead atoms. The van der Waals surface area contributed by atoms with Crippen LogP contribution in [0.1, 0.15) is 29.5 Å². The standard InChI is InChI=1S/C21H17F6N3O/c22-20(23,24)15-10-16(21(25,26)27)12-17(11-15)29-18(31)30-8-6-19(13-28,7-9-30)14-4-2-1-3-5-14/h1-5,10-12H,6-9H2,(H,29,31). The second-order valence-corrected chi connectivity index (χ2v) is 7.27. The molecule has 31 heavy (non-hydrogen) atoms. The number of hydrogen-bond donors (Lipinski definition) is 1. The number of carbonyl (C=O) groups is 1. The number of nitrogens with one attached hydrogen (secondary N) is 1. The van der Waals surface area contributed by atoms with Gasteiger partial charge in [-0.25, -0.2) is 4.79 Å². The van der Waals surface area contributed by atoms with Crippen molar-refractivity contribution in [2.45, 2.75) is 30.6 Å². The first kappa shape index (κ1) is 22.5. The molecule has 0 radical (unpaired) electrons. The molecule has 0 unspecified atom stereocenters. The Morgan fingerprint density at radius 1 is 0.935 bits per heavy atom. The molecule has 0 aliphatic carbocycles. The second-order valence-electron chi connectivity index (χ2n) is 7.27. The maximum absolute atomic E-state index is 13.0. The molecule has 1 heterocycles. The largest absolute Gasteiger partial charge is 0.416 e. The lowest BCUT2D eigenvalue weighted by molar-refractivity contribution is -0.143. The number of amides is 2. The van der Waals surface area contributed by atoms with E-state index >= 15 is 0 Å². The number of nitrogens with zero attached hydrogens (tertiary/aromatic N) is 2. The topological polar surface area (TPSA) is 56.1 Å². The Morgan fingerprint density at radius 2 is 1.45 bits per heavy atom. The molecule has 10 heteroatoms. The van der Waals surface area contributed by atoms with E-state index in [1.807, 2.05) is 0 Å². The minimum absolute atomic E-state index is 0.00230. The molecule has 1 fully saturated rings. The average Bonchev–Trinajstić information content (AvgIpc) is 2.73. The molecule has 2 aromatic rings. The van der Waals surface area contributed by atoms with Crippen molar-refractivity contribution in [3.05, 3.63) is 65.2 Å². The summed E-state index contributed by atoms with van der Waals surface area (Å²) in [6.07, 6.45) is -9.43. The number of anilines is 1. The lowest BCUT2D eigenvalue weighted by Crippen LogP contribution is -2.46. The molecule has 1 saturated heterocycles. The van der Waals surface area contributed by atoms with E-state index in [1.54, 1.807) is 30.3 Å². The summed E-state index contributed by atoms with van der Waals surface area (Å²) in [7, 11) is 0. The molecule has 0 aromatic heterocycles. The number of hydrogen-bond acceptors (Lipinski definition) is 2. The van der Waals surface area contributed by atoms with Crippen molar-refractivity contribution >= 4 is 11.7 Å². The third kappa shape index (κ3) is 4.93. The van der Waals surface area contributed by atoms with Gasteiger partial charge in [0, 0.05) is 18.8 Å². The summed E-state index contributed by atoms with van der Waals surface area (Å²) in [4.78, 5) is 13.8. The van der Waals surface area contributed by atoms with Crippen molar-refractivity contribution < 1.29 is 31.1 Å². The highest BCUT2D eigenvalue weighted by molar-refractivity contribution is 5.89. The van der Waals surface area contributed by atoms with Crippen LogP contribution >= 0.6 is 0 Å². The Morgan fingerprint density at radius 3 is 1.90 bits per heavy atom. The highest BCUT2D eigenvalue weighted by Gasteiger charge is 2.39. The molecule has 1 aliphatic heterocycles. The SMILES string of the molecule is N#CC1(c2ccccc2)CCN(C(=O)Nc2cc(C(F)(F)F)cc(C(F)(F)F)c2)CC1. The van der Waals surface area contributed by atoms with E-state index in [1.165, 1.54) is 4.90 Å². The van der Waals surface area contributed by atoms with E-state index in [0.29, 0.717) is 12.1 Å². The fourth-order valence-electron chi connectivity index (χ4n) is 3.54. The quantitative estimate of drug-likeness (QED) is 0.598. The third-order valence-electron chi connectivity index (χ3n) is 5.28. The van der Waals surface area contributed by atoms with Crippen LogP contribution in [0.4, 0.5) is 36.8 Å². The van der Waals surface area contributed by atoms with Gasteiger partial charge in [0.2, 0.25) is 0 Å². The summed E-state index contributed by atoms with van der Waals surface area (Å²) < 4.78 is 78.0. The van der Waals surface area contributed by atoms with Gasteiger partial charge in [-0.2, -0.15) is 31.6 Å². The van der Waals surface area contributed by atoms with Crippen molar-refractivity contribution in [1.82, 2.24) is 4.90 Å². The van der Waals surface area contributed by atoms with Crippen molar-refractivity contribution in [3.63, 3.8) is 0 Å². The van der Waals surface area contributed by atoms with Crippen molar-refractivity contribution in [2.24, 2.45) is 0 Å². The Bertz CT molecular complexity index is 955. The van der Waals surface area contributed by atoms with E-state index in [-0.39, 0.29) is 32.0 Å². The summed E-state index contributed by atoms with van der Waals surface area (Å²) in [5, 5.41) is 11.8. The summed E-state index contributed by atoms with van der Waals surface area (Å²) in [6.45, 7) is 0.249. The lowest BCUT2D eigenvalue weighted by Gasteiger charge is -2.37. The van der Waals surface area contributed by atoms with Crippen molar-refractivity contribution in [2.75, 3.05) is 18.4 Å². The van der Waals surface area contributed by atoms with E-state index in [9.17, 15) is 36.4 Å². The molecule has 164 valence electrons. The molecule has 1 N–H and O–H groups in total. The fourth-order valence-corrected chi connectivity index (χ4v) is 3.54. The molecule has 4 nitrogen and oxygen atoms in total. The maximum atomic E-state index is 13.0. The molecule has 2 aromatic carbocycles. The summed E-state index contributed by atoms with van der Waals surface area (Å²) in [5.41, 5.74) is -3.64. The average molecular weight is 441 g/mol. The number of carbonyl (C=O) groups excluding carboxylic acids is 1. The van der Waals surface area contributed by atoms with Crippen LogP contribution in [0.3, 0.4) is 0 Å². The zero-order valence-corrected chi connectivity index (χ0v) is 16.0. The zero-order valence-electron chi connectivity index (χ0n) is 16.0. The third-order valence-corrected chi connectivity index (χ3v) is 5.28. The molecule has 0 atom stereocenters. The molecule has 1 aliphatic rings. The van der Waals surface area contributed by atoms with Gasteiger partial charge in [-0.1, -0.05) is 30.3 Å². The predicted octanol–water partition coefficient (Wildman–Crippen LogP) is 5.81. The monoisotopic (exact) mass is 441 g/mol. The van der Waals surface area contributed by atoms with Gasteiger partial charge < -0.3 is 10.2 Å². The van der Waals surface area contributed by atoms with Crippen LogP contribution in [0.2, 0.25) is 0 Å². The highest BCUT2D eigenvalue weighted by Crippen LogP contribution is 2.38. The minimum atomic E-state index is -5.01. The van der Waals surface area contributed by atoms with Crippen LogP contribution in [0.5, 0.6) is 0 Å². The second kappa shape index (κ2) is 8.13. The van der Waals surface area contributed by atoms with Gasteiger partial charge in [0.15, 0.2) is 0 Å². The smallest absolute Gasteiger partial charge is 0.324 e. The first-order valence-electron chi connectivity index (χ1n) is 9.27. The van der Waals surface area contributed by atoms with Crippen LogP contribution in [0.25, 0.3) is 0 Å². The summed E-state index contributed by atoms with van der Waals surface area (Å²) in [5.74, 6) is 0. The molecular weight excluding hydrogens is 424 g/mol. The van der Waals surface area contributed by atoms with Gasteiger partial charge in [0.05, 0.1) is 22.6 Å². The van der Waals surface area contributed by atoms with Crippen LogP contribution in [-0.2, 0) is 17.8 Å². The predicted molar refractivity (Wildman–Crippen MR) is 100 cm³/mol. The van der Waals surface area contributed by atoms with Crippen LogP contribution in [-0.4, -0.2) is 24.0 Å². The van der Waals surface area contributed by atoms with E-state index in [4.69, 9.17) is 0 Å². The highest BCUT2D eigenvalue weighted by atomic mass is 19.4. The number of alkyl halides is 6. The number of likely N-dealkylation sites (tertiary alicyclic amines) is 1. The maximum Gasteiger partial charge on any atom is 0.416 e. The number of piperidine rings is 1. The van der Waals surface area contributed by atoms with Gasteiger partial charge in [0.25, 0.3) is 0 Å². The number of nitriles is 1. The lowest BCUT2D eigenvalue weighted by atomic mass is 9.74. The van der Waals surface area contributed by atoms with Gasteiger partial charge in [-0.15, -0.1) is 0 Å². The summed E-state index contributed by atoms with van der Waals surface area (Å²) in [6, 6.07) is 11.4. The van der Waals surface area contributed by atoms with Gasteiger partial charge in [-0.05, 0) is 36.6 Å².